The first-order valence-electron chi connectivity index (χ1n) is 13.4. The van der Waals surface area contributed by atoms with Gasteiger partial charge in [-0.2, -0.15) is 0 Å². The van der Waals surface area contributed by atoms with Crippen LogP contribution in [0.3, 0.4) is 0 Å². The number of Topliss-reactive ketones (excluding diaryl/α,β-unsaturated/α-hetero) is 3. The predicted octanol–water partition coefficient (Wildman–Crippen LogP) is 4.56. The molecule has 0 saturated carbocycles. The fourth-order valence-electron chi connectivity index (χ4n) is 6.13. The summed E-state index contributed by atoms with van der Waals surface area (Å²) < 4.78 is 5.14. The number of ketones is 3. The Kier molecular flexibility index (Phi) is 6.98. The summed E-state index contributed by atoms with van der Waals surface area (Å²) in [5, 5.41) is 46.4. The molecule has 10 heteroatoms. The molecule has 0 heterocycles. The highest BCUT2D eigenvalue weighted by Crippen LogP contribution is 2.52. The second-order valence-electron chi connectivity index (χ2n) is 11.3. The van der Waals surface area contributed by atoms with Gasteiger partial charge in [-0.15, -0.1) is 0 Å². The van der Waals surface area contributed by atoms with Crippen LogP contribution < -0.4 is 5.32 Å². The van der Waals surface area contributed by atoms with E-state index in [1.54, 1.807) is 30.3 Å². The third-order valence-electron chi connectivity index (χ3n) is 8.04. The molecule has 3 atom stereocenters. The van der Waals surface area contributed by atoms with Crippen LogP contribution in [0, 0.1) is 17.8 Å². The van der Waals surface area contributed by atoms with Crippen LogP contribution in [-0.2, 0) is 20.7 Å². The summed E-state index contributed by atoms with van der Waals surface area (Å²) in [5.74, 6) is -5.59. The third kappa shape index (κ3) is 4.58. The lowest BCUT2D eigenvalue weighted by Crippen LogP contribution is -2.56. The van der Waals surface area contributed by atoms with Gasteiger partial charge in [0.15, 0.2) is 17.2 Å². The van der Waals surface area contributed by atoms with Gasteiger partial charge in [-0.25, -0.2) is 4.79 Å². The number of allylic oxidation sites excluding steroid dienone is 2. The second kappa shape index (κ2) is 10.2. The molecule has 2 aromatic carbocycles. The zero-order chi connectivity index (χ0) is 29.8. The minimum Gasteiger partial charge on any atom is -0.511 e. The average molecular weight is 562 g/mol. The summed E-state index contributed by atoms with van der Waals surface area (Å²) in [6, 6.07) is 9.91. The van der Waals surface area contributed by atoms with Gasteiger partial charge in [0, 0.05) is 23.6 Å². The van der Waals surface area contributed by atoms with Gasteiger partial charge in [0.1, 0.15) is 22.8 Å². The van der Waals surface area contributed by atoms with Crippen LogP contribution in [-0.4, -0.2) is 56.1 Å². The van der Waals surface area contributed by atoms with Gasteiger partial charge in [-0.05, 0) is 66.5 Å². The van der Waals surface area contributed by atoms with E-state index in [9.17, 15) is 39.6 Å². The highest BCUT2D eigenvalue weighted by Gasteiger charge is 2.59. The summed E-state index contributed by atoms with van der Waals surface area (Å²) in [7, 11) is 0. The third-order valence-corrected chi connectivity index (χ3v) is 8.04. The van der Waals surface area contributed by atoms with Crippen molar-refractivity contribution in [3.63, 3.8) is 0 Å². The van der Waals surface area contributed by atoms with E-state index in [4.69, 9.17) is 4.74 Å². The molecule has 1 amide bonds. The van der Waals surface area contributed by atoms with Crippen molar-refractivity contribution in [2.45, 2.75) is 45.6 Å². The van der Waals surface area contributed by atoms with Gasteiger partial charge in [0.05, 0.1) is 12.2 Å². The number of anilines is 1. The van der Waals surface area contributed by atoms with E-state index >= 15 is 0 Å². The number of rotatable bonds is 5. The highest BCUT2D eigenvalue weighted by molar-refractivity contribution is 6.25. The van der Waals surface area contributed by atoms with Crippen LogP contribution in [0.2, 0.25) is 0 Å². The van der Waals surface area contributed by atoms with E-state index < -0.39 is 58.0 Å². The van der Waals surface area contributed by atoms with Crippen molar-refractivity contribution in [1.82, 2.24) is 0 Å². The fraction of sp³-hybridized carbons (Fsp3) is 0.355. The van der Waals surface area contributed by atoms with Gasteiger partial charge in [0.2, 0.25) is 5.78 Å². The normalized spacial score (nSPS) is 23.6. The average Bonchev–Trinajstić information content (AvgIpc) is 2.90. The Bertz CT molecular complexity index is 1550. The van der Waals surface area contributed by atoms with Crippen molar-refractivity contribution in [2.24, 2.45) is 17.8 Å². The Hall–Kier alpha value is -4.44. The number of ether oxygens (including phenoxy) is 1. The number of aromatic hydroxyl groups is 1. The molecular formula is C31H31NO9. The maximum absolute atomic E-state index is 13.8. The summed E-state index contributed by atoms with van der Waals surface area (Å²) >= 11 is 0. The van der Waals surface area contributed by atoms with E-state index in [-0.39, 0.29) is 48.7 Å². The standard InChI is InChI=1S/C31H31NO9/c1-14(2)13-41-30(39)32-19-6-4-16(5-7-19)20-8-9-22(34)26-21(20)11-17-10-18-12-23(35)24(15(3)33)28(37)31(18,40)29(38)25(17)27(26)36/h4-9,14,17-18,34-35,38,40H,10-13H2,1-3H3,(H,32,39)/t17-,18+,31-/m1/s1. The molecule has 0 aromatic heterocycles. The quantitative estimate of drug-likeness (QED) is 0.328. The van der Waals surface area contributed by atoms with Gasteiger partial charge < -0.3 is 25.2 Å². The molecule has 5 N–H and O–H groups in total. The maximum atomic E-state index is 13.8. The Morgan fingerprint density at radius 2 is 1.73 bits per heavy atom. The Balaban J connectivity index is 1.51. The first kappa shape index (κ1) is 28.1. The highest BCUT2D eigenvalue weighted by atomic mass is 16.5. The number of hydrogen-bond donors (Lipinski definition) is 5. The van der Waals surface area contributed by atoms with Crippen molar-refractivity contribution in [2.75, 3.05) is 11.9 Å². The van der Waals surface area contributed by atoms with Crippen molar-refractivity contribution < 1.29 is 44.3 Å². The fourth-order valence-corrected chi connectivity index (χ4v) is 6.13. The zero-order valence-corrected chi connectivity index (χ0v) is 22.9. The van der Waals surface area contributed by atoms with E-state index in [1.165, 1.54) is 6.07 Å². The lowest BCUT2D eigenvalue weighted by atomic mass is 9.60. The van der Waals surface area contributed by atoms with Gasteiger partial charge in [-0.3, -0.25) is 19.7 Å². The van der Waals surface area contributed by atoms with E-state index in [0.29, 0.717) is 22.4 Å². The molecule has 2 aromatic rings. The van der Waals surface area contributed by atoms with E-state index in [2.05, 4.69) is 5.32 Å². The predicted molar refractivity (Wildman–Crippen MR) is 148 cm³/mol. The SMILES string of the molecule is CC(=O)C1=C(O)C[C@@H]2C[C@@H]3Cc4c(-c5ccc(NC(=O)OCC(C)C)cc5)ccc(O)c4C(=O)C3=C(O)[C@]2(O)C1=O. The van der Waals surface area contributed by atoms with Crippen LogP contribution >= 0.6 is 0 Å². The lowest BCUT2D eigenvalue weighted by Gasteiger charge is -2.45. The number of phenols is 1. The molecule has 5 rings (SSSR count). The van der Waals surface area contributed by atoms with Crippen molar-refractivity contribution in [3.8, 4) is 16.9 Å². The molecule has 10 nitrogen and oxygen atoms in total. The molecule has 41 heavy (non-hydrogen) atoms. The molecule has 214 valence electrons. The number of amides is 1. The molecular weight excluding hydrogens is 530 g/mol. The van der Waals surface area contributed by atoms with E-state index in [1.807, 2.05) is 13.8 Å². The Morgan fingerprint density at radius 3 is 2.37 bits per heavy atom. The van der Waals surface area contributed by atoms with Gasteiger partial charge in [0.25, 0.3) is 0 Å². The first-order chi connectivity index (χ1) is 19.3. The smallest absolute Gasteiger partial charge is 0.411 e. The van der Waals surface area contributed by atoms with Crippen LogP contribution in [0.5, 0.6) is 5.75 Å². The number of aliphatic hydroxyl groups is 3. The van der Waals surface area contributed by atoms with Crippen LogP contribution in [0.4, 0.5) is 10.5 Å². The molecule has 0 bridgehead atoms. The number of fused-ring (bicyclic) bond motifs is 3. The topological polar surface area (TPSA) is 170 Å². The minimum absolute atomic E-state index is 0.0461. The zero-order valence-electron chi connectivity index (χ0n) is 22.9. The number of carbonyl (C=O) groups is 4. The van der Waals surface area contributed by atoms with Crippen LogP contribution in [0.25, 0.3) is 11.1 Å². The number of hydrogen-bond acceptors (Lipinski definition) is 9. The van der Waals surface area contributed by atoms with E-state index in [0.717, 1.165) is 6.92 Å². The Labute approximate surface area is 236 Å². The number of aliphatic hydroxyl groups excluding tert-OH is 2. The molecule has 0 saturated heterocycles. The second-order valence-corrected chi connectivity index (χ2v) is 11.3. The number of carbonyl (C=O) groups excluding carboxylic acids is 4. The molecule has 0 unspecified atom stereocenters. The summed E-state index contributed by atoms with van der Waals surface area (Å²) in [4.78, 5) is 51.0. The number of benzene rings is 2. The van der Waals surface area contributed by atoms with Crippen molar-refractivity contribution in [1.29, 1.82) is 0 Å². The van der Waals surface area contributed by atoms with Gasteiger partial charge in [-0.1, -0.05) is 32.0 Å². The minimum atomic E-state index is -2.53. The first-order valence-corrected chi connectivity index (χ1v) is 13.4. The van der Waals surface area contributed by atoms with Crippen LogP contribution in [0.1, 0.15) is 49.5 Å². The molecule has 0 aliphatic heterocycles. The summed E-state index contributed by atoms with van der Waals surface area (Å²) in [6.45, 7) is 5.22. The summed E-state index contributed by atoms with van der Waals surface area (Å²) in [5.41, 5.74) is -0.943. The van der Waals surface area contributed by atoms with Crippen molar-refractivity contribution >= 4 is 29.1 Å². The molecule has 3 aliphatic rings. The van der Waals surface area contributed by atoms with Crippen molar-refractivity contribution in [3.05, 3.63) is 70.2 Å². The maximum Gasteiger partial charge on any atom is 0.411 e. The molecule has 0 spiro atoms. The Morgan fingerprint density at radius 1 is 1.05 bits per heavy atom. The van der Waals surface area contributed by atoms with Gasteiger partial charge >= 0.3 is 6.09 Å². The number of phenolic OH excluding ortho intramolecular Hbond substituents is 1. The largest absolute Gasteiger partial charge is 0.511 e. The summed E-state index contributed by atoms with van der Waals surface area (Å²) in [6.07, 6.45) is -0.505. The van der Waals surface area contributed by atoms with Crippen LogP contribution in [0.15, 0.2) is 59.1 Å². The number of nitrogens with one attached hydrogen (secondary N) is 1. The molecule has 0 radical (unpaired) electrons. The lowest BCUT2D eigenvalue weighted by molar-refractivity contribution is -0.144. The molecule has 3 aliphatic carbocycles. The molecule has 0 fully saturated rings. The monoisotopic (exact) mass is 561 g/mol.